The fourth-order valence-corrected chi connectivity index (χ4v) is 20.3. The van der Waals surface area contributed by atoms with Crippen LogP contribution in [0.15, 0.2) is 221 Å². The van der Waals surface area contributed by atoms with Gasteiger partial charge in [-0.1, -0.05) is 276 Å². The molecule has 0 spiro atoms. The first-order valence-corrected chi connectivity index (χ1v) is 44.2. The molecule has 0 aromatic heterocycles. The fourth-order valence-electron chi connectivity index (χ4n) is 20.3. The second kappa shape index (κ2) is 33.9. The number of benzene rings is 4. The van der Waals surface area contributed by atoms with Crippen LogP contribution in [-0.4, -0.2) is 48.7 Å². The van der Waals surface area contributed by atoms with E-state index in [2.05, 4.69) is 338 Å². The molecular weight excluding hydrogens is 1360 g/mol. The lowest BCUT2D eigenvalue weighted by atomic mass is 9.61. The second-order valence-electron chi connectivity index (χ2n) is 39.8. The van der Waals surface area contributed by atoms with Gasteiger partial charge in [-0.3, -0.25) is 0 Å². The van der Waals surface area contributed by atoms with Crippen LogP contribution in [0.25, 0.3) is 16.7 Å². The highest BCUT2D eigenvalue weighted by Gasteiger charge is 2.54. The molecule has 112 heavy (non-hydrogen) atoms. The molecule has 11 unspecified atom stereocenters. The quantitative estimate of drug-likeness (QED) is 0.0396. The van der Waals surface area contributed by atoms with E-state index >= 15 is 0 Å². The van der Waals surface area contributed by atoms with Crippen LogP contribution in [0.5, 0.6) is 0 Å². The maximum absolute atomic E-state index is 6.51. The Kier molecular flexibility index (Phi) is 25.2. The molecule has 0 amide bonds. The van der Waals surface area contributed by atoms with Crippen molar-refractivity contribution in [3.8, 4) is 11.1 Å². The van der Waals surface area contributed by atoms with Gasteiger partial charge in [0.1, 0.15) is 0 Å². The Morgan fingerprint density at radius 3 is 1.61 bits per heavy atom. The summed E-state index contributed by atoms with van der Waals surface area (Å²) in [5, 5.41) is 0. The third-order valence-corrected chi connectivity index (χ3v) is 28.5. The molecule has 4 aromatic carbocycles. The van der Waals surface area contributed by atoms with Gasteiger partial charge in [-0.2, -0.15) is 0 Å². The SMILES string of the molecule is CCCCCCC1CC(C2CCC(N(C3=CCC(C4C=CC(B5OC(C)(C)C(C)(C)O5)=CC4)C=C3)c3ccc(-c4c(C)cc(C(C)(C)C)cc4C)cc3)C=C2C)C(CCCCCC)C=C1C1CC=C(N(c2ccc(C3C(C)=CC(C(C)(C)C)=CC3C)cc2)C2C=CC(c3ccc(B4OC(C)(C)C(C)(C)O4)cc3)=CC2)C=C1C. The highest BCUT2D eigenvalue weighted by molar-refractivity contribution is 6.62. The lowest BCUT2D eigenvalue weighted by molar-refractivity contribution is 0.00578. The van der Waals surface area contributed by atoms with Crippen molar-refractivity contribution in [2.45, 2.75) is 307 Å². The van der Waals surface area contributed by atoms with Crippen LogP contribution in [-0.2, 0) is 24.0 Å². The molecule has 4 aromatic rings. The molecule has 7 aliphatic carbocycles. The zero-order valence-electron chi connectivity index (χ0n) is 73.3. The largest absolute Gasteiger partial charge is 0.494 e. The summed E-state index contributed by atoms with van der Waals surface area (Å²) in [4.78, 5) is 5.42. The molecular formula is C104H140B2N2O4. The third-order valence-electron chi connectivity index (χ3n) is 28.5. The summed E-state index contributed by atoms with van der Waals surface area (Å²) in [6.45, 7) is 50.3. The number of unbranched alkanes of at least 4 members (excludes halogenated alkanes) is 6. The van der Waals surface area contributed by atoms with E-state index in [1.807, 2.05) is 0 Å². The average Bonchev–Trinajstić information content (AvgIpc) is 1.61. The number of hydrogen-bond donors (Lipinski definition) is 0. The summed E-state index contributed by atoms with van der Waals surface area (Å²) in [7, 11) is -0.707. The van der Waals surface area contributed by atoms with Crippen LogP contribution >= 0.6 is 0 Å². The number of allylic oxidation sites excluding steroid dienone is 19. The van der Waals surface area contributed by atoms with E-state index in [1.165, 1.54) is 161 Å². The van der Waals surface area contributed by atoms with Crippen molar-refractivity contribution in [1.29, 1.82) is 0 Å². The van der Waals surface area contributed by atoms with E-state index in [1.54, 1.807) is 11.1 Å². The molecule has 8 heteroatoms. The van der Waals surface area contributed by atoms with Gasteiger partial charge < -0.3 is 28.4 Å². The van der Waals surface area contributed by atoms with Gasteiger partial charge in [0.15, 0.2) is 0 Å². The first-order chi connectivity index (χ1) is 53.1. The third kappa shape index (κ3) is 18.0. The van der Waals surface area contributed by atoms with E-state index in [9.17, 15) is 0 Å². The first-order valence-electron chi connectivity index (χ1n) is 44.2. The summed E-state index contributed by atoms with van der Waals surface area (Å²) < 4.78 is 26.0. The zero-order valence-corrected chi connectivity index (χ0v) is 73.3. The van der Waals surface area contributed by atoms with Crippen LogP contribution in [0.3, 0.4) is 0 Å². The maximum atomic E-state index is 6.51. The van der Waals surface area contributed by atoms with Crippen LogP contribution in [0, 0.1) is 66.6 Å². The average molecular weight is 1500 g/mol. The topological polar surface area (TPSA) is 43.4 Å². The van der Waals surface area contributed by atoms with Crippen LogP contribution < -0.4 is 15.3 Å². The van der Waals surface area contributed by atoms with E-state index in [0.29, 0.717) is 53.3 Å². The normalized spacial score (nSPS) is 27.5. The zero-order chi connectivity index (χ0) is 80.0. The number of anilines is 2. The Morgan fingerprint density at radius 1 is 0.500 bits per heavy atom. The van der Waals surface area contributed by atoms with E-state index in [4.69, 9.17) is 18.6 Å². The number of nitrogens with zero attached hydrogens (tertiary/aromatic N) is 2. The molecule has 0 N–H and O–H groups in total. The van der Waals surface area contributed by atoms with E-state index in [-0.39, 0.29) is 59.6 Å². The van der Waals surface area contributed by atoms with Crippen molar-refractivity contribution in [2.75, 3.05) is 9.80 Å². The monoisotopic (exact) mass is 1500 g/mol. The first kappa shape index (κ1) is 83.3. The van der Waals surface area contributed by atoms with Gasteiger partial charge in [0.25, 0.3) is 0 Å². The minimum Gasteiger partial charge on any atom is -0.399 e. The van der Waals surface area contributed by atoms with Gasteiger partial charge in [0.2, 0.25) is 0 Å². The maximum Gasteiger partial charge on any atom is 0.494 e. The van der Waals surface area contributed by atoms with Gasteiger partial charge in [0, 0.05) is 34.6 Å². The smallest absolute Gasteiger partial charge is 0.399 e. The minimum atomic E-state index is -0.385. The molecule has 9 aliphatic rings. The molecule has 11 atom stereocenters. The second-order valence-corrected chi connectivity index (χ2v) is 39.8. The Balaban J connectivity index is 0.788. The molecule has 2 heterocycles. The van der Waals surface area contributed by atoms with Crippen molar-refractivity contribution in [2.24, 2.45) is 52.8 Å². The lowest BCUT2D eigenvalue weighted by Crippen LogP contribution is -2.41. The van der Waals surface area contributed by atoms with E-state index < -0.39 is 0 Å². The molecule has 0 radical (unpaired) electrons. The van der Waals surface area contributed by atoms with Crippen LogP contribution in [0.1, 0.15) is 281 Å². The highest BCUT2D eigenvalue weighted by Crippen LogP contribution is 2.53. The van der Waals surface area contributed by atoms with Crippen molar-refractivity contribution in [1.82, 2.24) is 0 Å². The summed E-state index contributed by atoms with van der Waals surface area (Å²) in [6.07, 6.45) is 58.5. The molecule has 596 valence electrons. The summed E-state index contributed by atoms with van der Waals surface area (Å²) in [5.74, 6) is 4.30. The molecule has 2 saturated heterocycles. The molecule has 2 aliphatic heterocycles. The number of hydrogen-bond acceptors (Lipinski definition) is 6. The van der Waals surface area contributed by atoms with Gasteiger partial charge in [0.05, 0.1) is 34.5 Å². The molecule has 2 fully saturated rings. The molecule has 0 bridgehead atoms. The van der Waals surface area contributed by atoms with Gasteiger partial charge in [-0.05, 0) is 297 Å². The predicted molar refractivity (Wildman–Crippen MR) is 480 cm³/mol. The summed E-state index contributed by atoms with van der Waals surface area (Å²) in [6, 6.07) is 33.6. The van der Waals surface area contributed by atoms with Crippen molar-refractivity contribution in [3.63, 3.8) is 0 Å². The molecule has 13 rings (SSSR count). The van der Waals surface area contributed by atoms with Crippen molar-refractivity contribution >= 4 is 36.6 Å². The van der Waals surface area contributed by atoms with Crippen molar-refractivity contribution in [3.05, 3.63) is 249 Å². The van der Waals surface area contributed by atoms with Crippen LogP contribution in [0.2, 0.25) is 0 Å². The number of rotatable bonds is 24. The summed E-state index contributed by atoms with van der Waals surface area (Å²) in [5.41, 5.74) is 24.6. The number of aryl methyl sites for hydroxylation is 2. The van der Waals surface area contributed by atoms with Gasteiger partial charge in [-0.25, -0.2) is 0 Å². The van der Waals surface area contributed by atoms with Crippen molar-refractivity contribution < 1.29 is 18.6 Å². The Hall–Kier alpha value is -6.67. The fraction of sp³-hybridized carbons (Fsp3) is 0.538. The molecule has 6 nitrogen and oxygen atoms in total. The highest BCUT2D eigenvalue weighted by atomic mass is 16.7. The van der Waals surface area contributed by atoms with Crippen LogP contribution in [0.4, 0.5) is 11.4 Å². The van der Waals surface area contributed by atoms with E-state index in [0.717, 1.165) is 43.0 Å². The lowest BCUT2D eigenvalue weighted by Gasteiger charge is -2.46. The van der Waals surface area contributed by atoms with Gasteiger partial charge >= 0.3 is 14.2 Å². The Bertz CT molecular complexity index is 4370. The Labute approximate surface area is 680 Å². The molecule has 0 saturated carbocycles. The minimum absolute atomic E-state index is 0.0923. The standard InChI is InChI=1S/C104H140B2N2O4/c1-23-25-27-29-31-81-67-96(94-60-58-92(66-70(94)4)108(90-55-43-80(44-56-90)98-73(7)63-84(64-74(98)8)100(12,13)14)88-51-39-78(40-52-88)76-35-47-86(48-36-76)106-111-103(19,20)104(21,22)112-106)82(32-30-28-26-24-2)68-95(81)93-59-57-91(65-69(93)3)107(89-53-41-79(42-54-89)97-71(5)61-83(62-72(97)6)99(9,10)11)87-49-37-77(38-50-87)75-33-45-85(46-34-75)105-109-101(15,16)102(17,18)110-105/h33-35,37-39,41-49,51-57,61-66,68,71,76,78,81-82,87,92-94,96-97H,23-32,36,40,50,58-60,67H2,1-22H3. The predicted octanol–water partition coefficient (Wildman–Crippen LogP) is 27.2. The Morgan fingerprint density at radius 2 is 1.07 bits per heavy atom. The summed E-state index contributed by atoms with van der Waals surface area (Å²) >= 11 is 0. The van der Waals surface area contributed by atoms with Gasteiger partial charge in [-0.15, -0.1) is 0 Å².